The molecule has 0 aliphatic carbocycles. The van der Waals surface area contributed by atoms with Gasteiger partial charge in [-0.25, -0.2) is 0 Å². The Hall–Kier alpha value is -2.35. The molecule has 3 rings (SSSR count). The van der Waals surface area contributed by atoms with Crippen LogP contribution in [0.5, 0.6) is 5.75 Å². The molecule has 0 fully saturated rings. The molecule has 20 heavy (non-hydrogen) atoms. The summed E-state index contributed by atoms with van der Waals surface area (Å²) in [4.78, 5) is 4.21. The first-order valence-corrected chi connectivity index (χ1v) is 6.88. The highest BCUT2D eigenvalue weighted by Gasteiger charge is 2.04. The Labute approximate surface area is 119 Å². The minimum Gasteiger partial charge on any atom is -0.489 e. The van der Waals surface area contributed by atoms with Crippen LogP contribution in [0.2, 0.25) is 0 Å². The molecule has 0 N–H and O–H groups in total. The van der Waals surface area contributed by atoms with Gasteiger partial charge in [0.05, 0.1) is 0 Å². The number of allylic oxidation sites excluding steroid dienone is 1. The first-order valence-electron chi connectivity index (χ1n) is 6.88. The standard InChI is InChI=1S/C18H17NO/c1-2-4-15(5-3-1)14-20-18-8-6-16(7-9-18)17-10-12-19-13-11-17/h1-10,12H,11,13-14H2. The van der Waals surface area contributed by atoms with Crippen LogP contribution in [0, 0.1) is 0 Å². The van der Waals surface area contributed by atoms with Gasteiger partial charge in [0.25, 0.3) is 0 Å². The van der Waals surface area contributed by atoms with Gasteiger partial charge in [0.1, 0.15) is 12.4 Å². The summed E-state index contributed by atoms with van der Waals surface area (Å²) in [6.07, 6.45) is 4.99. The van der Waals surface area contributed by atoms with Crippen LogP contribution >= 0.6 is 0 Å². The summed E-state index contributed by atoms with van der Waals surface area (Å²) in [7, 11) is 0. The summed E-state index contributed by atoms with van der Waals surface area (Å²) in [6.45, 7) is 1.49. The highest BCUT2D eigenvalue weighted by Crippen LogP contribution is 2.23. The zero-order valence-electron chi connectivity index (χ0n) is 11.3. The fourth-order valence-corrected chi connectivity index (χ4v) is 2.23. The molecule has 1 heterocycles. The molecule has 0 bridgehead atoms. The van der Waals surface area contributed by atoms with Crippen molar-refractivity contribution in [3.8, 4) is 5.75 Å². The molecule has 0 aromatic heterocycles. The van der Waals surface area contributed by atoms with Crippen LogP contribution in [0.15, 0.2) is 65.7 Å². The quantitative estimate of drug-likeness (QED) is 0.813. The molecule has 0 radical (unpaired) electrons. The lowest BCUT2D eigenvalue weighted by atomic mass is 10.0. The first kappa shape index (κ1) is 12.7. The predicted molar refractivity (Wildman–Crippen MR) is 83.2 cm³/mol. The Morgan fingerprint density at radius 1 is 0.950 bits per heavy atom. The van der Waals surface area contributed by atoms with Crippen molar-refractivity contribution in [2.45, 2.75) is 13.0 Å². The summed E-state index contributed by atoms with van der Waals surface area (Å²) >= 11 is 0. The van der Waals surface area contributed by atoms with Crippen molar-refractivity contribution in [1.82, 2.24) is 0 Å². The summed E-state index contributed by atoms with van der Waals surface area (Å²) in [5.74, 6) is 0.905. The van der Waals surface area contributed by atoms with Gasteiger partial charge in [-0.1, -0.05) is 42.5 Å². The molecule has 0 saturated carbocycles. The fraction of sp³-hybridized carbons (Fsp3) is 0.167. The van der Waals surface area contributed by atoms with Crippen LogP contribution in [-0.4, -0.2) is 12.8 Å². The number of nitrogens with zero attached hydrogens (tertiary/aromatic N) is 1. The number of ether oxygens (including phenoxy) is 1. The summed E-state index contributed by atoms with van der Waals surface area (Å²) in [6, 6.07) is 18.5. The fourth-order valence-electron chi connectivity index (χ4n) is 2.23. The van der Waals surface area contributed by atoms with Crippen molar-refractivity contribution in [3.63, 3.8) is 0 Å². The second-order valence-corrected chi connectivity index (χ2v) is 4.80. The number of aliphatic imine (C=N–C) groups is 1. The van der Waals surface area contributed by atoms with Crippen LogP contribution in [-0.2, 0) is 6.61 Å². The maximum atomic E-state index is 5.79. The van der Waals surface area contributed by atoms with Crippen LogP contribution < -0.4 is 4.74 Å². The van der Waals surface area contributed by atoms with E-state index in [1.807, 2.05) is 36.5 Å². The molecule has 0 atom stereocenters. The average molecular weight is 263 g/mol. The van der Waals surface area contributed by atoms with Gasteiger partial charge in [0.2, 0.25) is 0 Å². The lowest BCUT2D eigenvalue weighted by molar-refractivity contribution is 0.306. The SMILES string of the molecule is C1=NCCC(c2ccc(OCc3ccccc3)cc2)=C1. The lowest BCUT2D eigenvalue weighted by Gasteiger charge is -2.10. The molecule has 100 valence electrons. The smallest absolute Gasteiger partial charge is 0.119 e. The van der Waals surface area contributed by atoms with Crippen LogP contribution in [0.25, 0.3) is 5.57 Å². The third-order valence-corrected chi connectivity index (χ3v) is 3.36. The maximum Gasteiger partial charge on any atom is 0.119 e. The molecule has 2 aromatic carbocycles. The summed E-state index contributed by atoms with van der Waals surface area (Å²) in [5, 5.41) is 0. The number of dihydropyridines is 1. The molecular weight excluding hydrogens is 246 g/mol. The van der Waals surface area contributed by atoms with Crippen molar-refractivity contribution in [3.05, 3.63) is 71.8 Å². The Balaban J connectivity index is 1.64. The van der Waals surface area contributed by atoms with Gasteiger partial charge >= 0.3 is 0 Å². The van der Waals surface area contributed by atoms with Gasteiger partial charge in [-0.2, -0.15) is 0 Å². The van der Waals surface area contributed by atoms with E-state index in [9.17, 15) is 0 Å². The van der Waals surface area contributed by atoms with E-state index in [0.717, 1.165) is 18.7 Å². The molecule has 1 aliphatic heterocycles. The largest absolute Gasteiger partial charge is 0.489 e. The third-order valence-electron chi connectivity index (χ3n) is 3.36. The zero-order chi connectivity index (χ0) is 13.6. The van der Waals surface area contributed by atoms with Gasteiger partial charge in [-0.15, -0.1) is 0 Å². The monoisotopic (exact) mass is 263 g/mol. The number of hydrogen-bond acceptors (Lipinski definition) is 2. The normalized spacial score (nSPS) is 13.9. The molecule has 2 heteroatoms. The molecule has 0 spiro atoms. The van der Waals surface area contributed by atoms with Crippen molar-refractivity contribution in [2.24, 2.45) is 4.99 Å². The topological polar surface area (TPSA) is 21.6 Å². The van der Waals surface area contributed by atoms with Gasteiger partial charge in [0.15, 0.2) is 0 Å². The van der Waals surface area contributed by atoms with E-state index in [4.69, 9.17) is 4.74 Å². The van der Waals surface area contributed by atoms with E-state index in [0.29, 0.717) is 6.61 Å². The Morgan fingerprint density at radius 2 is 1.75 bits per heavy atom. The Kier molecular flexibility index (Phi) is 3.93. The zero-order valence-corrected chi connectivity index (χ0v) is 11.3. The second kappa shape index (κ2) is 6.20. The van der Waals surface area contributed by atoms with Gasteiger partial charge in [-0.05, 0) is 41.3 Å². The third kappa shape index (κ3) is 3.15. The van der Waals surface area contributed by atoms with E-state index in [2.05, 4.69) is 35.3 Å². The van der Waals surface area contributed by atoms with Crippen molar-refractivity contribution in [2.75, 3.05) is 6.54 Å². The maximum absolute atomic E-state index is 5.79. The highest BCUT2D eigenvalue weighted by molar-refractivity contribution is 5.86. The molecule has 1 aliphatic rings. The average Bonchev–Trinajstić information content (AvgIpc) is 2.55. The summed E-state index contributed by atoms with van der Waals surface area (Å²) in [5.41, 5.74) is 3.78. The van der Waals surface area contributed by atoms with E-state index < -0.39 is 0 Å². The highest BCUT2D eigenvalue weighted by atomic mass is 16.5. The minimum absolute atomic E-state index is 0.607. The van der Waals surface area contributed by atoms with Crippen molar-refractivity contribution >= 4 is 11.8 Å². The predicted octanol–water partition coefficient (Wildman–Crippen LogP) is 4.12. The molecule has 2 nitrogen and oxygen atoms in total. The van der Waals surface area contributed by atoms with E-state index in [1.165, 1.54) is 16.7 Å². The molecular formula is C18H17NO. The first-order chi connectivity index (χ1) is 9.92. The number of hydrogen-bond donors (Lipinski definition) is 0. The minimum atomic E-state index is 0.607. The van der Waals surface area contributed by atoms with E-state index >= 15 is 0 Å². The van der Waals surface area contributed by atoms with Crippen LogP contribution in [0.3, 0.4) is 0 Å². The van der Waals surface area contributed by atoms with Crippen LogP contribution in [0.4, 0.5) is 0 Å². The van der Waals surface area contributed by atoms with Gasteiger partial charge < -0.3 is 4.74 Å². The number of rotatable bonds is 4. The van der Waals surface area contributed by atoms with Gasteiger partial charge in [-0.3, -0.25) is 4.99 Å². The van der Waals surface area contributed by atoms with Crippen molar-refractivity contribution in [1.29, 1.82) is 0 Å². The summed E-state index contributed by atoms with van der Waals surface area (Å²) < 4.78 is 5.79. The molecule has 0 amide bonds. The molecule has 0 unspecified atom stereocenters. The van der Waals surface area contributed by atoms with Crippen LogP contribution in [0.1, 0.15) is 17.5 Å². The second-order valence-electron chi connectivity index (χ2n) is 4.80. The molecule has 2 aromatic rings. The van der Waals surface area contributed by atoms with Gasteiger partial charge in [0, 0.05) is 12.8 Å². The Morgan fingerprint density at radius 3 is 2.45 bits per heavy atom. The van der Waals surface area contributed by atoms with Crippen molar-refractivity contribution < 1.29 is 4.74 Å². The number of benzene rings is 2. The Bertz CT molecular complexity index is 612. The molecule has 0 saturated heterocycles. The van der Waals surface area contributed by atoms with E-state index in [-0.39, 0.29) is 0 Å². The lowest BCUT2D eigenvalue weighted by Crippen LogP contribution is -1.96. The van der Waals surface area contributed by atoms with E-state index in [1.54, 1.807) is 0 Å².